The molecule has 3 rings (SSSR count). The van der Waals surface area contributed by atoms with E-state index in [0.29, 0.717) is 17.2 Å². The number of carboxylic acids is 3. The lowest BCUT2D eigenvalue weighted by molar-refractivity contribution is -0.143. The number of nitrogens with one attached hydrogen (secondary N) is 6. The van der Waals surface area contributed by atoms with Crippen LogP contribution in [0.3, 0.4) is 0 Å². The number of aliphatic carboxylic acids is 3. The maximum Gasteiger partial charge on any atom is 0.327 e. The molecule has 0 spiro atoms. The average Bonchev–Trinajstić information content (AvgIpc) is 3.09. The maximum atomic E-state index is 13.0. The molecule has 0 saturated carbocycles. The standard InChI is InChI=1S/C30H36N10O11S/c1-13-35-24-23(29(49)36-13)37-16(10-33-24)9-32-15-4-2-14(3-5-15)25(45)38-18(6-7-21(41)42)27(47)34-11-17(31)26(46)39-19(8-22(43)44)28(48)40-20(12-52)30(50)51/h2-5,10,17-20,32,52H,6-9,11-12,31H2,1H3,(H,34,47)(H,38,45)(H,39,46)(H,40,48)(H,41,42)(H,43,44)(H,50,51)(H,33,35,36,49)/t17-,18+,19-,20-/m0/s1. The number of carbonyl (C=O) groups is 7. The fourth-order valence-corrected chi connectivity index (χ4v) is 4.65. The van der Waals surface area contributed by atoms with Gasteiger partial charge in [-0.2, -0.15) is 12.6 Å². The van der Waals surface area contributed by atoms with Gasteiger partial charge in [0.05, 0.1) is 24.9 Å². The number of aryl methyl sites for hydroxylation is 1. The Morgan fingerprint density at radius 1 is 0.885 bits per heavy atom. The molecule has 0 bridgehead atoms. The lowest BCUT2D eigenvalue weighted by atomic mass is 10.1. The highest BCUT2D eigenvalue weighted by atomic mass is 32.1. The molecule has 2 heterocycles. The summed E-state index contributed by atoms with van der Waals surface area (Å²) in [4.78, 5) is 112. The van der Waals surface area contributed by atoms with E-state index in [0.717, 1.165) is 0 Å². The van der Waals surface area contributed by atoms with Crippen LogP contribution in [0.15, 0.2) is 35.3 Å². The van der Waals surface area contributed by atoms with Gasteiger partial charge in [0, 0.05) is 30.0 Å². The van der Waals surface area contributed by atoms with Gasteiger partial charge in [0.2, 0.25) is 17.7 Å². The Bertz CT molecular complexity index is 1890. The van der Waals surface area contributed by atoms with Crippen LogP contribution in [0.25, 0.3) is 11.2 Å². The zero-order valence-corrected chi connectivity index (χ0v) is 28.3. The molecule has 0 saturated heterocycles. The number of hydrogen-bond donors (Lipinski definition) is 11. The fraction of sp³-hybridized carbons (Fsp3) is 0.367. The minimum atomic E-state index is -1.72. The normalized spacial score (nSPS) is 13.1. The van der Waals surface area contributed by atoms with Gasteiger partial charge in [-0.1, -0.05) is 0 Å². The molecule has 0 aliphatic rings. The molecule has 2 aromatic heterocycles. The number of H-pyrrole nitrogens is 1. The van der Waals surface area contributed by atoms with Gasteiger partial charge in [0.15, 0.2) is 11.2 Å². The number of aromatic nitrogens is 4. The van der Waals surface area contributed by atoms with Crippen LogP contribution in [-0.4, -0.2) is 113 Å². The Kier molecular flexibility index (Phi) is 14.5. The van der Waals surface area contributed by atoms with E-state index in [1.54, 1.807) is 19.1 Å². The summed E-state index contributed by atoms with van der Waals surface area (Å²) in [7, 11) is 0. The highest BCUT2D eigenvalue weighted by Gasteiger charge is 2.30. The second-order valence-electron chi connectivity index (χ2n) is 11.2. The molecule has 4 atom stereocenters. The minimum Gasteiger partial charge on any atom is -0.481 e. The average molecular weight is 745 g/mol. The zero-order valence-electron chi connectivity index (χ0n) is 27.4. The molecule has 3 aromatic rings. The molecule has 0 aliphatic carbocycles. The van der Waals surface area contributed by atoms with E-state index in [2.05, 4.69) is 53.8 Å². The quantitative estimate of drug-likeness (QED) is 0.0565. The van der Waals surface area contributed by atoms with Crippen LogP contribution >= 0.6 is 12.6 Å². The Hall–Kier alpha value is -6.16. The highest BCUT2D eigenvalue weighted by molar-refractivity contribution is 7.80. The third-order valence-electron chi connectivity index (χ3n) is 7.12. The summed E-state index contributed by atoms with van der Waals surface area (Å²) in [5.74, 6) is -7.94. The molecule has 21 nitrogen and oxygen atoms in total. The number of rotatable bonds is 19. The van der Waals surface area contributed by atoms with Gasteiger partial charge in [-0.05, 0) is 37.6 Å². The molecule has 4 amide bonds. The van der Waals surface area contributed by atoms with E-state index in [4.69, 9.17) is 21.1 Å². The Morgan fingerprint density at radius 2 is 1.56 bits per heavy atom. The van der Waals surface area contributed by atoms with Crippen molar-refractivity contribution in [1.29, 1.82) is 0 Å². The van der Waals surface area contributed by atoms with Gasteiger partial charge in [0.25, 0.3) is 11.5 Å². The van der Waals surface area contributed by atoms with Crippen molar-refractivity contribution >= 4 is 71.0 Å². The van der Waals surface area contributed by atoms with Crippen LogP contribution in [0.5, 0.6) is 0 Å². The number of carboxylic acid groups (broad SMARTS) is 3. The molecular weight excluding hydrogens is 708 g/mol. The second-order valence-corrected chi connectivity index (χ2v) is 11.5. The first-order chi connectivity index (χ1) is 24.6. The predicted octanol–water partition coefficient (Wildman–Crippen LogP) is -2.50. The van der Waals surface area contributed by atoms with Crippen LogP contribution in [0, 0.1) is 6.92 Å². The summed E-state index contributed by atoms with van der Waals surface area (Å²) in [6, 6.07) is -0.143. The number of benzene rings is 1. The van der Waals surface area contributed by atoms with E-state index in [1.807, 2.05) is 5.32 Å². The number of thiol groups is 1. The Balaban J connectivity index is 1.59. The van der Waals surface area contributed by atoms with Crippen molar-refractivity contribution < 1.29 is 48.9 Å². The number of nitrogens with two attached hydrogens (primary N) is 1. The number of nitrogens with zero attached hydrogens (tertiary/aromatic N) is 3. The third kappa shape index (κ3) is 12.0. The van der Waals surface area contributed by atoms with E-state index in [-0.39, 0.29) is 35.4 Å². The largest absolute Gasteiger partial charge is 0.481 e. The molecule has 0 unspecified atom stereocenters. The van der Waals surface area contributed by atoms with E-state index in [1.165, 1.54) is 18.3 Å². The first kappa shape index (κ1) is 40.3. The van der Waals surface area contributed by atoms with Crippen LogP contribution in [0.1, 0.15) is 41.1 Å². The molecule has 0 aliphatic heterocycles. The summed E-state index contributed by atoms with van der Waals surface area (Å²) < 4.78 is 0. The first-order valence-electron chi connectivity index (χ1n) is 15.4. The van der Waals surface area contributed by atoms with Gasteiger partial charge >= 0.3 is 17.9 Å². The number of anilines is 1. The molecule has 0 radical (unpaired) electrons. The second kappa shape index (κ2) is 18.7. The van der Waals surface area contributed by atoms with E-state index >= 15 is 0 Å². The van der Waals surface area contributed by atoms with E-state index < -0.39 is 90.6 Å². The number of fused-ring (bicyclic) bond motifs is 1. The number of amides is 4. The fourth-order valence-electron chi connectivity index (χ4n) is 4.41. The van der Waals surface area contributed by atoms with Crippen molar-refractivity contribution in [2.24, 2.45) is 5.73 Å². The third-order valence-corrected chi connectivity index (χ3v) is 7.48. The summed E-state index contributed by atoms with van der Waals surface area (Å²) in [6.07, 6.45) is -0.309. The summed E-state index contributed by atoms with van der Waals surface area (Å²) >= 11 is 3.80. The van der Waals surface area contributed by atoms with Gasteiger partial charge in [-0.25, -0.2) is 19.7 Å². The van der Waals surface area contributed by atoms with Crippen molar-refractivity contribution in [2.75, 3.05) is 17.6 Å². The van der Waals surface area contributed by atoms with Crippen molar-refractivity contribution in [3.8, 4) is 0 Å². The number of hydrogen-bond acceptors (Lipinski definition) is 14. The highest BCUT2D eigenvalue weighted by Crippen LogP contribution is 2.12. The smallest absolute Gasteiger partial charge is 0.327 e. The van der Waals surface area contributed by atoms with Crippen molar-refractivity contribution in [2.45, 2.75) is 56.9 Å². The van der Waals surface area contributed by atoms with Gasteiger partial charge in [-0.15, -0.1) is 0 Å². The number of carbonyl (C=O) groups excluding carboxylic acids is 4. The summed E-state index contributed by atoms with van der Waals surface area (Å²) in [5, 5.41) is 39.4. The summed E-state index contributed by atoms with van der Waals surface area (Å²) in [5.41, 5.74) is 6.79. The molecule has 278 valence electrons. The predicted molar refractivity (Wildman–Crippen MR) is 183 cm³/mol. The molecule has 22 heteroatoms. The lowest BCUT2D eigenvalue weighted by Crippen LogP contribution is -2.57. The molecular formula is C30H36N10O11S. The Labute approximate surface area is 299 Å². The van der Waals surface area contributed by atoms with Crippen LogP contribution in [0.2, 0.25) is 0 Å². The SMILES string of the molecule is Cc1nc2ncc(CNc3ccc(C(=O)N[C@H](CCC(=O)O)C(=O)NC[C@H](N)C(=O)N[C@@H](CC(=O)O)C(=O)N[C@@H](CS)C(=O)O)cc3)nc2c(=O)[nH]1. The first-order valence-corrected chi connectivity index (χ1v) is 16.0. The monoisotopic (exact) mass is 744 g/mol. The minimum absolute atomic E-state index is 0.0786. The van der Waals surface area contributed by atoms with Crippen molar-refractivity contribution in [1.82, 2.24) is 41.2 Å². The number of aromatic amines is 1. The maximum absolute atomic E-state index is 13.0. The zero-order chi connectivity index (χ0) is 38.5. The van der Waals surface area contributed by atoms with Crippen molar-refractivity contribution in [3.63, 3.8) is 0 Å². The van der Waals surface area contributed by atoms with Crippen LogP contribution in [-0.2, 0) is 35.3 Å². The molecule has 0 fully saturated rings. The topological polar surface area (TPSA) is 338 Å². The molecule has 52 heavy (non-hydrogen) atoms. The van der Waals surface area contributed by atoms with Crippen LogP contribution in [0.4, 0.5) is 5.69 Å². The van der Waals surface area contributed by atoms with E-state index in [9.17, 15) is 38.4 Å². The van der Waals surface area contributed by atoms with Crippen LogP contribution < -0.4 is 37.9 Å². The van der Waals surface area contributed by atoms with Crippen molar-refractivity contribution in [3.05, 3.63) is 57.9 Å². The summed E-state index contributed by atoms with van der Waals surface area (Å²) in [6.45, 7) is 1.22. The van der Waals surface area contributed by atoms with Gasteiger partial charge in [0.1, 0.15) is 30.0 Å². The Morgan fingerprint density at radius 3 is 2.17 bits per heavy atom. The van der Waals surface area contributed by atoms with Gasteiger partial charge in [-0.3, -0.25) is 33.6 Å². The molecule has 1 aromatic carbocycles. The molecule has 11 N–H and O–H groups in total. The lowest BCUT2D eigenvalue weighted by Gasteiger charge is -2.22. The van der Waals surface area contributed by atoms with Gasteiger partial charge < -0.3 is 52.6 Å².